The second kappa shape index (κ2) is 8.84. The van der Waals surface area contributed by atoms with Crippen LogP contribution in [-0.4, -0.2) is 27.0 Å². The van der Waals surface area contributed by atoms with E-state index < -0.39 is 11.9 Å². The molecule has 2 aromatic heterocycles. The molecular weight excluding hydrogens is 342 g/mol. The maximum atomic E-state index is 10.8. The van der Waals surface area contributed by atoms with Crippen molar-refractivity contribution < 1.29 is 14.7 Å². The molecule has 0 bridgehead atoms. The molecule has 0 atom stereocenters. The highest BCUT2D eigenvalue weighted by molar-refractivity contribution is 6.30. The lowest BCUT2D eigenvalue weighted by molar-refractivity contribution is -0.137. The van der Waals surface area contributed by atoms with Crippen LogP contribution in [0.2, 0.25) is 5.15 Å². The minimum Gasteiger partial charge on any atom is -0.481 e. The molecule has 0 aliphatic heterocycles. The monoisotopic (exact) mass is 359 g/mol. The average Bonchev–Trinajstić information content (AvgIpc) is 2.99. The standard InChI is InChI=1S/C10H12O2.C8H6ClN3O/c11-10(12)8-4-7-9-5-2-1-3-6-9;9-7-2-4-1-5(8(10)13)12-6(4)3-11-7/h1-3,5-6H,4,7-8H2,(H,11,12);1-3,12H,(H2,10,13). The number of aryl methyl sites for hydroxylation is 1. The summed E-state index contributed by atoms with van der Waals surface area (Å²) < 4.78 is 0. The molecule has 130 valence electrons. The summed E-state index contributed by atoms with van der Waals surface area (Å²) in [5.74, 6) is -1.21. The van der Waals surface area contributed by atoms with Gasteiger partial charge in [-0.2, -0.15) is 0 Å². The summed E-state index contributed by atoms with van der Waals surface area (Å²) in [6, 6.07) is 13.2. The van der Waals surface area contributed by atoms with Crippen molar-refractivity contribution >= 4 is 34.4 Å². The molecule has 2 heterocycles. The number of rotatable bonds is 5. The highest BCUT2D eigenvalue weighted by Gasteiger charge is 2.05. The number of pyridine rings is 1. The number of aromatic amines is 1. The number of nitrogens with zero attached hydrogens (tertiary/aromatic N) is 1. The van der Waals surface area contributed by atoms with Gasteiger partial charge in [0.25, 0.3) is 5.91 Å². The number of nitrogens with one attached hydrogen (secondary N) is 1. The Morgan fingerprint density at radius 2 is 1.92 bits per heavy atom. The topological polar surface area (TPSA) is 109 Å². The highest BCUT2D eigenvalue weighted by Crippen LogP contribution is 2.17. The van der Waals surface area contributed by atoms with Crippen molar-refractivity contribution in [2.45, 2.75) is 19.3 Å². The van der Waals surface area contributed by atoms with E-state index >= 15 is 0 Å². The van der Waals surface area contributed by atoms with Crippen LogP contribution in [0.5, 0.6) is 0 Å². The predicted molar refractivity (Wildman–Crippen MR) is 96.6 cm³/mol. The summed E-state index contributed by atoms with van der Waals surface area (Å²) in [4.78, 5) is 27.7. The van der Waals surface area contributed by atoms with Gasteiger partial charge in [0.15, 0.2) is 0 Å². The minimum absolute atomic E-state index is 0.259. The summed E-state index contributed by atoms with van der Waals surface area (Å²) in [6.45, 7) is 0. The Bertz CT molecular complexity index is 862. The number of aliphatic carboxylic acids is 1. The molecular formula is C18H18ClN3O3. The van der Waals surface area contributed by atoms with Crippen LogP contribution in [0.25, 0.3) is 10.9 Å². The molecule has 3 rings (SSSR count). The molecule has 7 heteroatoms. The lowest BCUT2D eigenvalue weighted by Crippen LogP contribution is -2.10. The number of hydrogen-bond donors (Lipinski definition) is 3. The van der Waals surface area contributed by atoms with Gasteiger partial charge in [0.2, 0.25) is 0 Å². The number of aromatic nitrogens is 2. The third-order valence-electron chi connectivity index (χ3n) is 3.44. The van der Waals surface area contributed by atoms with Crippen molar-refractivity contribution in [1.82, 2.24) is 9.97 Å². The van der Waals surface area contributed by atoms with Gasteiger partial charge in [-0.3, -0.25) is 9.59 Å². The van der Waals surface area contributed by atoms with Crippen LogP contribution < -0.4 is 5.73 Å². The lowest BCUT2D eigenvalue weighted by atomic mass is 10.1. The number of hydrogen-bond acceptors (Lipinski definition) is 3. The molecule has 1 aromatic carbocycles. The van der Waals surface area contributed by atoms with Gasteiger partial charge in [-0.15, -0.1) is 0 Å². The number of nitrogens with two attached hydrogens (primary N) is 1. The largest absolute Gasteiger partial charge is 0.481 e. The van der Waals surface area contributed by atoms with E-state index in [2.05, 4.69) is 9.97 Å². The van der Waals surface area contributed by atoms with E-state index in [0.717, 1.165) is 23.7 Å². The van der Waals surface area contributed by atoms with Crippen molar-refractivity contribution in [1.29, 1.82) is 0 Å². The number of amides is 1. The maximum Gasteiger partial charge on any atom is 0.303 e. The second-order valence-corrected chi connectivity index (χ2v) is 5.76. The SMILES string of the molecule is NC(=O)c1cc2cc(Cl)ncc2[nH]1.O=C(O)CCCc1ccccc1. The number of carboxylic acid groups (broad SMARTS) is 1. The van der Waals surface area contributed by atoms with E-state index in [1.165, 1.54) is 5.56 Å². The van der Waals surface area contributed by atoms with Crippen LogP contribution in [-0.2, 0) is 11.2 Å². The number of H-pyrrole nitrogens is 1. The Kier molecular flexibility index (Phi) is 6.54. The van der Waals surface area contributed by atoms with E-state index in [1.54, 1.807) is 18.3 Å². The Balaban J connectivity index is 0.000000181. The van der Waals surface area contributed by atoms with E-state index in [9.17, 15) is 9.59 Å². The van der Waals surface area contributed by atoms with Crippen LogP contribution in [0.4, 0.5) is 0 Å². The second-order valence-electron chi connectivity index (χ2n) is 5.37. The number of primary amides is 1. The third-order valence-corrected chi connectivity index (χ3v) is 3.64. The van der Waals surface area contributed by atoms with Crippen molar-refractivity contribution in [2.75, 3.05) is 0 Å². The fourth-order valence-electron chi connectivity index (χ4n) is 2.23. The molecule has 4 N–H and O–H groups in total. The minimum atomic E-state index is -0.717. The van der Waals surface area contributed by atoms with E-state index in [0.29, 0.717) is 10.8 Å². The summed E-state index contributed by atoms with van der Waals surface area (Å²) in [5, 5.41) is 9.61. The van der Waals surface area contributed by atoms with Crippen LogP contribution in [0.3, 0.4) is 0 Å². The molecule has 3 aromatic rings. The van der Waals surface area contributed by atoms with Crippen LogP contribution >= 0.6 is 11.6 Å². The molecule has 0 unspecified atom stereocenters. The molecule has 0 aliphatic carbocycles. The lowest BCUT2D eigenvalue weighted by Gasteiger charge is -1.97. The summed E-state index contributed by atoms with van der Waals surface area (Å²) in [6.07, 6.45) is 3.39. The fraction of sp³-hybridized carbons (Fsp3) is 0.167. The van der Waals surface area contributed by atoms with Crippen LogP contribution in [0.1, 0.15) is 28.9 Å². The van der Waals surface area contributed by atoms with Crippen molar-refractivity contribution in [3.8, 4) is 0 Å². The maximum absolute atomic E-state index is 10.8. The number of fused-ring (bicyclic) bond motifs is 1. The molecule has 0 radical (unpaired) electrons. The van der Waals surface area contributed by atoms with Crippen molar-refractivity contribution in [3.63, 3.8) is 0 Å². The zero-order valence-electron chi connectivity index (χ0n) is 13.4. The number of carbonyl (C=O) groups excluding carboxylic acids is 1. The Hall–Kier alpha value is -2.86. The first-order chi connectivity index (χ1) is 12.0. The normalized spacial score (nSPS) is 10.1. The smallest absolute Gasteiger partial charge is 0.303 e. The zero-order chi connectivity index (χ0) is 18.2. The molecule has 1 amide bonds. The number of carboxylic acids is 1. The average molecular weight is 360 g/mol. The first-order valence-electron chi connectivity index (χ1n) is 7.65. The first-order valence-corrected chi connectivity index (χ1v) is 8.03. The van der Waals surface area contributed by atoms with Gasteiger partial charge >= 0.3 is 5.97 Å². The Morgan fingerprint density at radius 3 is 2.56 bits per heavy atom. The molecule has 6 nitrogen and oxygen atoms in total. The summed E-state index contributed by atoms with van der Waals surface area (Å²) in [7, 11) is 0. The summed E-state index contributed by atoms with van der Waals surface area (Å²) in [5.41, 5.74) is 7.41. The van der Waals surface area contributed by atoms with E-state index in [1.807, 2.05) is 30.3 Å². The van der Waals surface area contributed by atoms with Crippen molar-refractivity contribution in [3.05, 3.63) is 65.1 Å². The van der Waals surface area contributed by atoms with E-state index in [4.69, 9.17) is 22.4 Å². The van der Waals surface area contributed by atoms with Gasteiger partial charge in [0, 0.05) is 11.8 Å². The third kappa shape index (κ3) is 5.93. The fourth-order valence-corrected chi connectivity index (χ4v) is 2.39. The van der Waals surface area contributed by atoms with Gasteiger partial charge in [0.05, 0.1) is 11.7 Å². The van der Waals surface area contributed by atoms with Gasteiger partial charge in [-0.05, 0) is 30.5 Å². The quantitative estimate of drug-likeness (QED) is 0.606. The predicted octanol–water partition coefficient (Wildman–Crippen LogP) is 3.41. The highest BCUT2D eigenvalue weighted by atomic mass is 35.5. The zero-order valence-corrected chi connectivity index (χ0v) is 14.2. The molecule has 0 fully saturated rings. The number of benzene rings is 1. The van der Waals surface area contributed by atoms with Crippen molar-refractivity contribution in [2.24, 2.45) is 5.73 Å². The van der Waals surface area contributed by atoms with Gasteiger partial charge < -0.3 is 15.8 Å². The molecule has 0 saturated heterocycles. The van der Waals surface area contributed by atoms with Crippen LogP contribution in [0, 0.1) is 0 Å². The first kappa shape index (κ1) is 18.5. The van der Waals surface area contributed by atoms with Crippen LogP contribution in [0.15, 0.2) is 48.7 Å². The Labute approximate surface area is 149 Å². The van der Waals surface area contributed by atoms with E-state index in [-0.39, 0.29) is 6.42 Å². The summed E-state index contributed by atoms with van der Waals surface area (Å²) >= 11 is 5.67. The molecule has 0 aliphatic rings. The van der Waals surface area contributed by atoms with Gasteiger partial charge in [0.1, 0.15) is 10.8 Å². The molecule has 25 heavy (non-hydrogen) atoms. The van der Waals surface area contributed by atoms with Gasteiger partial charge in [-0.25, -0.2) is 4.98 Å². The number of halogens is 1. The molecule has 0 saturated carbocycles. The van der Waals surface area contributed by atoms with Gasteiger partial charge in [-0.1, -0.05) is 41.9 Å². The Morgan fingerprint density at radius 1 is 1.20 bits per heavy atom. The molecule has 0 spiro atoms. The number of carbonyl (C=O) groups is 2.